The van der Waals surface area contributed by atoms with Gasteiger partial charge in [0, 0.05) is 24.3 Å². The quantitative estimate of drug-likeness (QED) is 0.759. The zero-order valence-electron chi connectivity index (χ0n) is 14.0. The molecule has 0 aliphatic rings. The summed E-state index contributed by atoms with van der Waals surface area (Å²) in [5.74, 6) is -0.321. The number of carbonyl (C=O) groups excluding carboxylic acids is 1. The highest BCUT2D eigenvalue weighted by molar-refractivity contribution is 5.76. The predicted octanol–water partition coefficient (Wildman–Crippen LogP) is 2.70. The maximum atomic E-state index is 11.4. The van der Waals surface area contributed by atoms with E-state index in [1.807, 2.05) is 42.6 Å². The third kappa shape index (κ3) is 3.31. The van der Waals surface area contributed by atoms with Crippen LogP contribution in [0.5, 0.6) is 0 Å². The minimum absolute atomic E-state index is 0.204. The molecule has 3 rings (SSSR count). The molecule has 0 radical (unpaired) electrons. The molecular weight excluding hydrogens is 300 g/mol. The Labute approximate surface area is 141 Å². The summed E-state index contributed by atoms with van der Waals surface area (Å²) in [6, 6.07) is 16.3. The van der Waals surface area contributed by atoms with Gasteiger partial charge in [-0.15, -0.1) is 0 Å². The molecule has 5 nitrogen and oxygen atoms in total. The number of carbonyl (C=O) groups is 1. The molecular formula is C19H22N4O. The summed E-state index contributed by atoms with van der Waals surface area (Å²) < 4.78 is 2.08. The van der Waals surface area contributed by atoms with Gasteiger partial charge in [-0.25, -0.2) is 4.98 Å². The van der Waals surface area contributed by atoms with Crippen LogP contribution in [-0.4, -0.2) is 32.8 Å². The zero-order valence-corrected chi connectivity index (χ0v) is 14.0. The maximum absolute atomic E-state index is 11.4. The lowest BCUT2D eigenvalue weighted by Gasteiger charge is -2.25. The van der Waals surface area contributed by atoms with Crippen LogP contribution in [0, 0.1) is 0 Å². The fraction of sp³-hybridized carbons (Fsp3) is 0.263. The molecule has 1 aromatic carbocycles. The van der Waals surface area contributed by atoms with Crippen LogP contribution >= 0.6 is 0 Å². The topological polar surface area (TPSA) is 63.6 Å². The number of primary amides is 1. The molecule has 5 heteroatoms. The highest BCUT2D eigenvalue weighted by atomic mass is 16.1. The first kappa shape index (κ1) is 16.2. The fourth-order valence-electron chi connectivity index (χ4n) is 2.84. The summed E-state index contributed by atoms with van der Waals surface area (Å²) in [5, 5.41) is 0. The molecule has 0 atom stereocenters. The van der Waals surface area contributed by atoms with Gasteiger partial charge < -0.3 is 10.1 Å². The summed E-state index contributed by atoms with van der Waals surface area (Å²) in [6.07, 6.45) is 2.01. The first-order chi connectivity index (χ1) is 11.6. The lowest BCUT2D eigenvalue weighted by atomic mass is 10.1. The normalized spacial score (nSPS) is 11.5. The van der Waals surface area contributed by atoms with Crippen molar-refractivity contribution in [1.82, 2.24) is 14.3 Å². The SMILES string of the molecule is CC(C)N(CC(N)=O)Cc1c(-c2ccccc2)nc2ccccn12. The Morgan fingerprint density at radius 3 is 2.54 bits per heavy atom. The lowest BCUT2D eigenvalue weighted by Crippen LogP contribution is -2.38. The van der Waals surface area contributed by atoms with E-state index in [1.54, 1.807) is 0 Å². The number of rotatable bonds is 6. The second-order valence-electron chi connectivity index (χ2n) is 6.17. The number of fused-ring (bicyclic) bond motifs is 1. The van der Waals surface area contributed by atoms with E-state index in [-0.39, 0.29) is 18.5 Å². The van der Waals surface area contributed by atoms with Gasteiger partial charge in [0.25, 0.3) is 0 Å². The van der Waals surface area contributed by atoms with Gasteiger partial charge >= 0.3 is 0 Å². The van der Waals surface area contributed by atoms with E-state index in [9.17, 15) is 4.79 Å². The van der Waals surface area contributed by atoms with Crippen molar-refractivity contribution in [3.05, 3.63) is 60.4 Å². The number of nitrogens with two attached hydrogens (primary N) is 1. The number of pyridine rings is 1. The highest BCUT2D eigenvalue weighted by Gasteiger charge is 2.19. The summed E-state index contributed by atoms with van der Waals surface area (Å²) in [4.78, 5) is 18.3. The van der Waals surface area contributed by atoms with E-state index >= 15 is 0 Å². The third-order valence-corrected chi connectivity index (χ3v) is 4.12. The predicted molar refractivity (Wildman–Crippen MR) is 95.4 cm³/mol. The Bertz CT molecular complexity index is 839. The Morgan fingerprint density at radius 2 is 1.88 bits per heavy atom. The molecule has 0 saturated carbocycles. The van der Waals surface area contributed by atoms with Crippen molar-refractivity contribution in [3.8, 4) is 11.3 Å². The van der Waals surface area contributed by atoms with Crippen LogP contribution in [0.15, 0.2) is 54.7 Å². The molecule has 0 fully saturated rings. The van der Waals surface area contributed by atoms with Crippen molar-refractivity contribution < 1.29 is 4.79 Å². The monoisotopic (exact) mass is 322 g/mol. The van der Waals surface area contributed by atoms with E-state index in [4.69, 9.17) is 10.7 Å². The van der Waals surface area contributed by atoms with Gasteiger partial charge in [0.2, 0.25) is 5.91 Å². The summed E-state index contributed by atoms with van der Waals surface area (Å²) in [5.41, 5.74) is 9.39. The zero-order chi connectivity index (χ0) is 17.1. The third-order valence-electron chi connectivity index (χ3n) is 4.12. The standard InChI is InChI=1S/C19H22N4O/c1-14(2)22(13-17(20)24)12-16-19(15-8-4-3-5-9-15)21-18-10-6-7-11-23(16)18/h3-11,14H,12-13H2,1-2H3,(H2,20,24). The Kier molecular flexibility index (Phi) is 4.62. The van der Waals surface area contributed by atoms with Crippen LogP contribution in [0.25, 0.3) is 16.9 Å². The van der Waals surface area contributed by atoms with Crippen LogP contribution in [0.4, 0.5) is 0 Å². The molecule has 1 amide bonds. The van der Waals surface area contributed by atoms with E-state index in [2.05, 4.69) is 35.3 Å². The molecule has 2 aromatic heterocycles. The van der Waals surface area contributed by atoms with Gasteiger partial charge in [-0.2, -0.15) is 0 Å². The van der Waals surface area contributed by atoms with E-state index in [0.29, 0.717) is 6.54 Å². The smallest absolute Gasteiger partial charge is 0.231 e. The average molecular weight is 322 g/mol. The Morgan fingerprint density at radius 1 is 1.17 bits per heavy atom. The summed E-state index contributed by atoms with van der Waals surface area (Å²) >= 11 is 0. The molecule has 0 saturated heterocycles. The van der Waals surface area contributed by atoms with E-state index < -0.39 is 0 Å². The van der Waals surface area contributed by atoms with Gasteiger partial charge in [0.1, 0.15) is 5.65 Å². The number of benzene rings is 1. The van der Waals surface area contributed by atoms with Crippen molar-refractivity contribution in [1.29, 1.82) is 0 Å². The van der Waals surface area contributed by atoms with Gasteiger partial charge in [0.05, 0.1) is 17.9 Å². The van der Waals surface area contributed by atoms with Crippen LogP contribution in [0.2, 0.25) is 0 Å². The van der Waals surface area contributed by atoms with Crippen LogP contribution < -0.4 is 5.73 Å². The molecule has 0 bridgehead atoms. The molecule has 2 heterocycles. The molecule has 124 valence electrons. The number of aromatic nitrogens is 2. The van der Waals surface area contributed by atoms with Gasteiger partial charge in [-0.05, 0) is 26.0 Å². The molecule has 0 unspecified atom stereocenters. The second-order valence-corrected chi connectivity index (χ2v) is 6.17. The van der Waals surface area contributed by atoms with Crippen molar-refractivity contribution in [2.24, 2.45) is 5.73 Å². The van der Waals surface area contributed by atoms with Gasteiger partial charge in [0.15, 0.2) is 0 Å². The van der Waals surface area contributed by atoms with E-state index in [1.165, 1.54) is 0 Å². The average Bonchev–Trinajstić information content (AvgIpc) is 2.93. The van der Waals surface area contributed by atoms with Gasteiger partial charge in [-0.1, -0.05) is 36.4 Å². The Hall–Kier alpha value is -2.66. The summed E-state index contributed by atoms with van der Waals surface area (Å²) in [6.45, 7) is 4.96. The van der Waals surface area contributed by atoms with Crippen LogP contribution in [0.1, 0.15) is 19.5 Å². The number of hydrogen-bond donors (Lipinski definition) is 1. The fourth-order valence-corrected chi connectivity index (χ4v) is 2.84. The second kappa shape index (κ2) is 6.84. The molecule has 0 spiro atoms. The summed E-state index contributed by atoms with van der Waals surface area (Å²) in [7, 11) is 0. The minimum Gasteiger partial charge on any atom is -0.369 e. The first-order valence-corrected chi connectivity index (χ1v) is 8.10. The van der Waals surface area contributed by atoms with Crippen molar-refractivity contribution >= 4 is 11.6 Å². The number of amides is 1. The molecule has 24 heavy (non-hydrogen) atoms. The van der Waals surface area contributed by atoms with Crippen molar-refractivity contribution in [3.63, 3.8) is 0 Å². The first-order valence-electron chi connectivity index (χ1n) is 8.10. The maximum Gasteiger partial charge on any atom is 0.231 e. The van der Waals surface area contributed by atoms with Crippen LogP contribution in [0.3, 0.4) is 0 Å². The number of imidazole rings is 1. The Balaban J connectivity index is 2.09. The minimum atomic E-state index is -0.321. The highest BCUT2D eigenvalue weighted by Crippen LogP contribution is 2.26. The molecule has 2 N–H and O–H groups in total. The molecule has 0 aliphatic carbocycles. The largest absolute Gasteiger partial charge is 0.369 e. The molecule has 3 aromatic rings. The van der Waals surface area contributed by atoms with Crippen molar-refractivity contribution in [2.75, 3.05) is 6.54 Å². The lowest BCUT2D eigenvalue weighted by molar-refractivity contribution is -0.119. The van der Waals surface area contributed by atoms with Crippen LogP contribution in [-0.2, 0) is 11.3 Å². The molecule has 0 aliphatic heterocycles. The van der Waals surface area contributed by atoms with Crippen molar-refractivity contribution in [2.45, 2.75) is 26.4 Å². The number of nitrogens with zero attached hydrogens (tertiary/aromatic N) is 3. The number of hydrogen-bond acceptors (Lipinski definition) is 3. The van der Waals surface area contributed by atoms with E-state index in [0.717, 1.165) is 22.6 Å². The van der Waals surface area contributed by atoms with Gasteiger partial charge in [-0.3, -0.25) is 9.69 Å².